The number of esters is 1. The van der Waals surface area contributed by atoms with Gasteiger partial charge >= 0.3 is 12.1 Å². The fourth-order valence-electron chi connectivity index (χ4n) is 1.97. The van der Waals surface area contributed by atoms with Gasteiger partial charge in [0.15, 0.2) is 0 Å². The van der Waals surface area contributed by atoms with E-state index in [0.717, 1.165) is 12.1 Å². The first kappa shape index (κ1) is 16.9. The van der Waals surface area contributed by atoms with E-state index in [0.29, 0.717) is 24.5 Å². The highest BCUT2D eigenvalue weighted by Crippen LogP contribution is 2.29. The van der Waals surface area contributed by atoms with E-state index >= 15 is 0 Å². The Kier molecular flexibility index (Phi) is 5.25. The van der Waals surface area contributed by atoms with Crippen molar-refractivity contribution >= 4 is 11.7 Å². The molecule has 0 unspecified atom stereocenters. The molecule has 0 radical (unpaired) electrons. The fraction of sp³-hybridized carbons (Fsp3) is 0.333. The Bertz CT molecular complexity index is 651. The second-order valence-electron chi connectivity index (χ2n) is 4.66. The number of anilines is 1. The van der Waals surface area contributed by atoms with Crippen LogP contribution >= 0.6 is 0 Å². The summed E-state index contributed by atoms with van der Waals surface area (Å²) in [6.45, 7) is 2.76. The zero-order valence-electron chi connectivity index (χ0n) is 12.4. The highest BCUT2D eigenvalue weighted by Gasteiger charge is 2.29. The SMILES string of the molecule is CCOC(=O)c1ccnn1CCNc1ccc(C(F)(F)F)cc1. The molecule has 0 aliphatic heterocycles. The number of carbonyl (C=O) groups excluding carboxylic acids is 1. The van der Waals surface area contributed by atoms with Gasteiger partial charge in [-0.25, -0.2) is 4.79 Å². The van der Waals surface area contributed by atoms with E-state index in [2.05, 4.69) is 10.4 Å². The van der Waals surface area contributed by atoms with E-state index in [4.69, 9.17) is 4.74 Å². The molecule has 0 aliphatic carbocycles. The molecule has 2 aromatic rings. The van der Waals surface area contributed by atoms with Crippen molar-refractivity contribution in [2.24, 2.45) is 0 Å². The largest absolute Gasteiger partial charge is 0.461 e. The first-order valence-electron chi connectivity index (χ1n) is 7.02. The van der Waals surface area contributed by atoms with Crippen molar-refractivity contribution in [2.75, 3.05) is 18.5 Å². The molecule has 1 aromatic heterocycles. The minimum atomic E-state index is -4.35. The molecule has 1 aromatic carbocycles. The van der Waals surface area contributed by atoms with Gasteiger partial charge in [0.2, 0.25) is 0 Å². The third-order valence-electron chi connectivity index (χ3n) is 3.07. The Morgan fingerprint density at radius 3 is 2.57 bits per heavy atom. The molecule has 124 valence electrons. The first-order chi connectivity index (χ1) is 10.9. The van der Waals surface area contributed by atoms with Gasteiger partial charge in [0, 0.05) is 18.4 Å². The molecular weight excluding hydrogens is 311 g/mol. The zero-order valence-corrected chi connectivity index (χ0v) is 12.4. The number of alkyl halides is 3. The monoisotopic (exact) mass is 327 g/mol. The van der Waals surface area contributed by atoms with Crippen molar-refractivity contribution < 1.29 is 22.7 Å². The Morgan fingerprint density at radius 2 is 1.96 bits per heavy atom. The number of aromatic nitrogens is 2. The molecule has 0 bridgehead atoms. The number of nitrogens with zero attached hydrogens (tertiary/aromatic N) is 2. The molecular formula is C15H16F3N3O2. The molecule has 1 N–H and O–H groups in total. The zero-order chi connectivity index (χ0) is 16.9. The van der Waals surface area contributed by atoms with Gasteiger partial charge in [0.05, 0.1) is 18.7 Å². The summed E-state index contributed by atoms with van der Waals surface area (Å²) in [6, 6.07) is 6.30. The lowest BCUT2D eigenvalue weighted by atomic mass is 10.2. The molecule has 0 fully saturated rings. The lowest BCUT2D eigenvalue weighted by molar-refractivity contribution is -0.137. The van der Waals surface area contributed by atoms with Crippen molar-refractivity contribution in [3.63, 3.8) is 0 Å². The normalized spacial score (nSPS) is 11.3. The number of nitrogens with one attached hydrogen (secondary N) is 1. The molecule has 0 atom stereocenters. The maximum Gasteiger partial charge on any atom is 0.416 e. The third kappa shape index (κ3) is 4.48. The summed E-state index contributed by atoms with van der Waals surface area (Å²) in [4.78, 5) is 11.7. The molecule has 0 aliphatic rings. The number of ether oxygens (including phenoxy) is 1. The van der Waals surface area contributed by atoms with Gasteiger partial charge in [0.1, 0.15) is 5.69 Å². The van der Waals surface area contributed by atoms with E-state index in [1.807, 2.05) is 0 Å². The Morgan fingerprint density at radius 1 is 1.26 bits per heavy atom. The van der Waals surface area contributed by atoms with Crippen LogP contribution in [0.2, 0.25) is 0 Å². The summed E-state index contributed by atoms with van der Waals surface area (Å²) >= 11 is 0. The summed E-state index contributed by atoms with van der Waals surface area (Å²) in [5.41, 5.74) is 0.198. The van der Waals surface area contributed by atoms with Crippen LogP contribution in [0.25, 0.3) is 0 Å². The van der Waals surface area contributed by atoms with E-state index in [1.54, 1.807) is 13.0 Å². The van der Waals surface area contributed by atoms with Gasteiger partial charge < -0.3 is 10.1 Å². The first-order valence-corrected chi connectivity index (χ1v) is 7.02. The molecule has 0 amide bonds. The minimum absolute atomic E-state index is 0.272. The number of rotatable bonds is 6. The van der Waals surface area contributed by atoms with Gasteiger partial charge in [-0.05, 0) is 37.3 Å². The van der Waals surface area contributed by atoms with Crippen LogP contribution in [-0.4, -0.2) is 28.9 Å². The van der Waals surface area contributed by atoms with Crippen LogP contribution < -0.4 is 5.32 Å². The van der Waals surface area contributed by atoms with Crippen LogP contribution in [0, 0.1) is 0 Å². The number of benzene rings is 1. The second kappa shape index (κ2) is 7.17. The van der Waals surface area contributed by atoms with Crippen LogP contribution in [0.4, 0.5) is 18.9 Å². The van der Waals surface area contributed by atoms with Gasteiger partial charge in [-0.2, -0.15) is 18.3 Å². The van der Waals surface area contributed by atoms with Crippen molar-refractivity contribution in [1.82, 2.24) is 9.78 Å². The second-order valence-corrected chi connectivity index (χ2v) is 4.66. The van der Waals surface area contributed by atoms with Crippen LogP contribution in [-0.2, 0) is 17.5 Å². The van der Waals surface area contributed by atoms with Crippen LogP contribution in [0.5, 0.6) is 0 Å². The van der Waals surface area contributed by atoms with Gasteiger partial charge in [-0.15, -0.1) is 0 Å². The highest BCUT2D eigenvalue weighted by molar-refractivity contribution is 5.87. The average Bonchev–Trinajstić information content (AvgIpc) is 2.96. The lowest BCUT2D eigenvalue weighted by Gasteiger charge is -2.10. The van der Waals surface area contributed by atoms with Crippen LogP contribution in [0.1, 0.15) is 23.0 Å². The molecule has 8 heteroatoms. The maximum absolute atomic E-state index is 12.5. The average molecular weight is 327 g/mol. The standard InChI is InChI=1S/C15H16F3N3O2/c1-2-23-14(22)13-7-8-20-21(13)10-9-19-12-5-3-11(4-6-12)15(16,17)18/h3-8,19H,2,9-10H2,1H3. The van der Waals surface area contributed by atoms with E-state index < -0.39 is 17.7 Å². The summed E-state index contributed by atoms with van der Waals surface area (Å²) in [7, 11) is 0. The Hall–Kier alpha value is -2.51. The van der Waals surface area contributed by atoms with Crippen molar-refractivity contribution in [2.45, 2.75) is 19.6 Å². The molecule has 0 saturated carbocycles. The summed E-state index contributed by atoms with van der Waals surface area (Å²) < 4.78 is 43.8. The fourth-order valence-corrected chi connectivity index (χ4v) is 1.97. The Balaban J connectivity index is 1.91. The predicted octanol–water partition coefficient (Wildman–Crippen LogP) is 3.19. The van der Waals surface area contributed by atoms with E-state index in [-0.39, 0.29) is 6.61 Å². The molecule has 0 spiro atoms. The third-order valence-corrected chi connectivity index (χ3v) is 3.07. The van der Waals surface area contributed by atoms with Crippen molar-refractivity contribution in [3.8, 4) is 0 Å². The summed E-state index contributed by atoms with van der Waals surface area (Å²) in [5.74, 6) is -0.459. The topological polar surface area (TPSA) is 56.1 Å². The highest BCUT2D eigenvalue weighted by atomic mass is 19.4. The van der Waals surface area contributed by atoms with Gasteiger partial charge in [-0.1, -0.05) is 0 Å². The molecule has 23 heavy (non-hydrogen) atoms. The van der Waals surface area contributed by atoms with E-state index in [1.165, 1.54) is 23.0 Å². The molecule has 0 saturated heterocycles. The molecule has 1 heterocycles. The predicted molar refractivity (Wildman–Crippen MR) is 78.1 cm³/mol. The number of halogens is 3. The molecule has 2 rings (SSSR count). The molecule has 5 nitrogen and oxygen atoms in total. The van der Waals surface area contributed by atoms with Crippen molar-refractivity contribution in [3.05, 3.63) is 47.8 Å². The number of carbonyl (C=O) groups is 1. The van der Waals surface area contributed by atoms with Crippen LogP contribution in [0.3, 0.4) is 0 Å². The number of hydrogen-bond donors (Lipinski definition) is 1. The Labute approximate surface area is 131 Å². The van der Waals surface area contributed by atoms with Gasteiger partial charge in [0.25, 0.3) is 0 Å². The lowest BCUT2D eigenvalue weighted by Crippen LogP contribution is -2.18. The summed E-state index contributed by atoms with van der Waals surface area (Å²) in [5, 5.41) is 7.00. The van der Waals surface area contributed by atoms with Crippen LogP contribution in [0.15, 0.2) is 36.5 Å². The minimum Gasteiger partial charge on any atom is -0.461 e. The number of hydrogen-bond acceptors (Lipinski definition) is 4. The quantitative estimate of drug-likeness (QED) is 0.828. The van der Waals surface area contributed by atoms with Crippen molar-refractivity contribution in [1.29, 1.82) is 0 Å². The summed E-state index contributed by atoms with van der Waals surface area (Å²) in [6.07, 6.45) is -2.85. The maximum atomic E-state index is 12.5. The van der Waals surface area contributed by atoms with E-state index in [9.17, 15) is 18.0 Å². The van der Waals surface area contributed by atoms with Gasteiger partial charge in [-0.3, -0.25) is 4.68 Å². The smallest absolute Gasteiger partial charge is 0.416 e.